The number of carbonyl (C=O) groups excluding carboxylic acids is 1. The van der Waals surface area contributed by atoms with E-state index in [0.29, 0.717) is 12.5 Å². The zero-order chi connectivity index (χ0) is 14.6. The van der Waals surface area contributed by atoms with Crippen molar-refractivity contribution in [3.8, 4) is 0 Å². The number of esters is 1. The number of nitrogens with zero attached hydrogens (tertiary/aromatic N) is 1. The third-order valence-corrected chi connectivity index (χ3v) is 3.88. The Morgan fingerprint density at radius 1 is 1.28 bits per heavy atom. The maximum absolute atomic E-state index is 12.3. The highest BCUT2D eigenvalue weighted by molar-refractivity contribution is 7.81. The van der Waals surface area contributed by atoms with Crippen LogP contribution in [0.4, 0.5) is 0 Å². The number of thiol groups is 1. The molecule has 108 valence electrons. The number of likely N-dealkylation sites (N-methyl/N-ethyl adjacent to an activating group) is 1. The molecule has 0 aliphatic heterocycles. The second-order valence-corrected chi connectivity index (χ2v) is 7.55. The number of ether oxygens (including phenoxy) is 1. The van der Waals surface area contributed by atoms with Crippen LogP contribution in [0.25, 0.3) is 0 Å². The molecule has 0 heterocycles. The fourth-order valence-electron chi connectivity index (χ4n) is 1.88. The van der Waals surface area contributed by atoms with E-state index in [-0.39, 0.29) is 5.97 Å². The van der Waals surface area contributed by atoms with Gasteiger partial charge in [0.1, 0.15) is 6.61 Å². The first-order valence-corrected chi connectivity index (χ1v) is 6.99. The van der Waals surface area contributed by atoms with E-state index in [1.54, 1.807) is 0 Å². The highest BCUT2D eigenvalue weighted by Crippen LogP contribution is 2.42. The Balaban J connectivity index is 4.72. The summed E-state index contributed by atoms with van der Waals surface area (Å²) in [6, 6.07) is 0. The molecule has 0 aromatic rings. The Bertz CT molecular complexity index is 271. The number of carbonyl (C=O) groups is 1. The molecular formula is C14H29NO2S. The van der Waals surface area contributed by atoms with Gasteiger partial charge in [0.25, 0.3) is 0 Å². The number of hydrogen-bond donors (Lipinski definition) is 1. The molecule has 0 aromatic carbocycles. The summed E-state index contributed by atoms with van der Waals surface area (Å²) in [6.45, 7) is 11.3. The van der Waals surface area contributed by atoms with Crippen LogP contribution < -0.4 is 0 Å². The second kappa shape index (κ2) is 6.80. The van der Waals surface area contributed by atoms with Crippen molar-refractivity contribution in [2.45, 2.75) is 45.8 Å². The van der Waals surface area contributed by atoms with Crippen LogP contribution in [0.3, 0.4) is 0 Å². The van der Waals surface area contributed by atoms with Crippen LogP contribution in [0, 0.1) is 11.3 Å². The lowest BCUT2D eigenvalue weighted by Gasteiger charge is -2.40. The third kappa shape index (κ3) is 5.19. The zero-order valence-electron chi connectivity index (χ0n) is 12.9. The van der Waals surface area contributed by atoms with Gasteiger partial charge in [0, 0.05) is 11.3 Å². The highest BCUT2D eigenvalue weighted by atomic mass is 32.1. The fourth-order valence-corrected chi connectivity index (χ4v) is 2.06. The quantitative estimate of drug-likeness (QED) is 0.572. The van der Waals surface area contributed by atoms with Crippen LogP contribution in [0.15, 0.2) is 0 Å². The van der Waals surface area contributed by atoms with E-state index < -0.39 is 10.2 Å². The van der Waals surface area contributed by atoms with Crippen molar-refractivity contribution in [3.63, 3.8) is 0 Å². The van der Waals surface area contributed by atoms with Gasteiger partial charge in [0.05, 0.1) is 5.41 Å². The van der Waals surface area contributed by atoms with Gasteiger partial charge in [-0.3, -0.25) is 4.79 Å². The molecule has 0 N–H and O–H groups in total. The summed E-state index contributed by atoms with van der Waals surface area (Å²) in [4.78, 5) is 14.3. The van der Waals surface area contributed by atoms with E-state index in [1.807, 2.05) is 39.8 Å². The summed E-state index contributed by atoms with van der Waals surface area (Å²) in [5, 5.41) is 0. The Kier molecular flexibility index (Phi) is 6.72. The predicted molar refractivity (Wildman–Crippen MR) is 80.1 cm³/mol. The first-order chi connectivity index (χ1) is 8.00. The van der Waals surface area contributed by atoms with Crippen LogP contribution in [0.5, 0.6) is 0 Å². The summed E-state index contributed by atoms with van der Waals surface area (Å²) in [6.07, 6.45) is 0.782. The largest absolute Gasteiger partial charge is 0.464 e. The average Bonchev–Trinajstić information content (AvgIpc) is 2.13. The Morgan fingerprint density at radius 3 is 2.11 bits per heavy atom. The van der Waals surface area contributed by atoms with E-state index >= 15 is 0 Å². The molecule has 0 amide bonds. The summed E-state index contributed by atoms with van der Waals surface area (Å²) < 4.78 is 5.02. The molecule has 0 saturated heterocycles. The van der Waals surface area contributed by atoms with Crippen LogP contribution in [0.2, 0.25) is 0 Å². The first-order valence-electron chi connectivity index (χ1n) is 6.55. The summed E-state index contributed by atoms with van der Waals surface area (Å²) in [5.74, 6) is 0.292. The van der Waals surface area contributed by atoms with Gasteiger partial charge in [0.15, 0.2) is 0 Å². The van der Waals surface area contributed by atoms with E-state index in [2.05, 4.69) is 26.5 Å². The van der Waals surface area contributed by atoms with Crippen LogP contribution in [-0.2, 0) is 9.53 Å². The molecule has 0 spiro atoms. The van der Waals surface area contributed by atoms with E-state index in [4.69, 9.17) is 4.74 Å². The molecule has 0 aliphatic carbocycles. The minimum atomic E-state index is -0.559. The fraction of sp³-hybridized carbons (Fsp3) is 0.929. The molecule has 1 unspecified atom stereocenters. The lowest BCUT2D eigenvalue weighted by Crippen LogP contribution is -2.46. The Morgan fingerprint density at radius 2 is 1.78 bits per heavy atom. The molecule has 0 rings (SSSR count). The van der Waals surface area contributed by atoms with Crippen molar-refractivity contribution >= 4 is 18.6 Å². The van der Waals surface area contributed by atoms with E-state index in [1.165, 1.54) is 0 Å². The van der Waals surface area contributed by atoms with Gasteiger partial charge in [-0.1, -0.05) is 13.8 Å². The molecule has 0 aromatic heterocycles. The lowest BCUT2D eigenvalue weighted by atomic mass is 9.72. The monoisotopic (exact) mass is 275 g/mol. The molecule has 4 heteroatoms. The molecule has 0 saturated carbocycles. The number of hydrogen-bond acceptors (Lipinski definition) is 4. The van der Waals surface area contributed by atoms with Crippen molar-refractivity contribution in [2.75, 3.05) is 27.2 Å². The Labute approximate surface area is 118 Å². The van der Waals surface area contributed by atoms with E-state index in [0.717, 1.165) is 13.0 Å². The molecular weight excluding hydrogens is 246 g/mol. The number of rotatable bonds is 7. The van der Waals surface area contributed by atoms with Gasteiger partial charge in [0.2, 0.25) is 0 Å². The predicted octanol–water partition coefficient (Wildman–Crippen LogP) is 2.85. The maximum Gasteiger partial charge on any atom is 0.313 e. The average molecular weight is 275 g/mol. The summed E-state index contributed by atoms with van der Waals surface area (Å²) >= 11 is 4.60. The smallest absolute Gasteiger partial charge is 0.313 e. The second-order valence-electron chi connectivity index (χ2n) is 6.43. The minimum absolute atomic E-state index is 0.141. The lowest BCUT2D eigenvalue weighted by molar-refractivity contribution is -0.158. The SMILES string of the molecule is CC(C)CC(C)(C(=O)OCCN(C)C)C(C)(C)S. The van der Waals surface area contributed by atoms with Gasteiger partial charge in [-0.2, -0.15) is 12.6 Å². The van der Waals surface area contributed by atoms with Gasteiger partial charge in [-0.25, -0.2) is 0 Å². The normalized spacial score (nSPS) is 15.9. The van der Waals surface area contributed by atoms with Crippen LogP contribution in [-0.4, -0.2) is 42.9 Å². The van der Waals surface area contributed by atoms with E-state index in [9.17, 15) is 4.79 Å². The maximum atomic E-state index is 12.3. The standard InChI is InChI=1S/C14H29NO2S/c1-11(2)10-14(5,13(3,4)18)12(16)17-9-8-15(6)7/h11,18H,8-10H2,1-7H3. The highest BCUT2D eigenvalue weighted by Gasteiger charge is 2.46. The topological polar surface area (TPSA) is 29.5 Å². The third-order valence-electron chi connectivity index (χ3n) is 3.39. The molecule has 3 nitrogen and oxygen atoms in total. The molecule has 0 fully saturated rings. The van der Waals surface area contributed by atoms with Gasteiger partial charge in [-0.15, -0.1) is 0 Å². The van der Waals surface area contributed by atoms with Crippen LogP contribution in [0.1, 0.15) is 41.0 Å². The molecule has 0 aliphatic rings. The van der Waals surface area contributed by atoms with Gasteiger partial charge in [-0.05, 0) is 47.2 Å². The zero-order valence-corrected chi connectivity index (χ0v) is 13.8. The van der Waals surface area contributed by atoms with Crippen molar-refractivity contribution in [1.29, 1.82) is 0 Å². The van der Waals surface area contributed by atoms with Gasteiger partial charge >= 0.3 is 5.97 Å². The minimum Gasteiger partial charge on any atom is -0.464 e. The molecule has 0 bridgehead atoms. The first kappa shape index (κ1) is 17.8. The summed E-state index contributed by atoms with van der Waals surface area (Å²) in [7, 11) is 3.92. The molecule has 18 heavy (non-hydrogen) atoms. The Hall–Kier alpha value is -0.220. The molecule has 1 atom stereocenters. The van der Waals surface area contributed by atoms with Crippen molar-refractivity contribution < 1.29 is 9.53 Å². The van der Waals surface area contributed by atoms with Crippen molar-refractivity contribution in [1.82, 2.24) is 4.90 Å². The van der Waals surface area contributed by atoms with Crippen molar-refractivity contribution in [3.05, 3.63) is 0 Å². The van der Waals surface area contributed by atoms with Gasteiger partial charge < -0.3 is 9.64 Å². The molecule has 0 radical (unpaired) electrons. The van der Waals surface area contributed by atoms with Crippen LogP contribution >= 0.6 is 12.6 Å². The van der Waals surface area contributed by atoms with Crippen molar-refractivity contribution in [2.24, 2.45) is 11.3 Å². The summed E-state index contributed by atoms with van der Waals surface area (Å²) in [5.41, 5.74) is -0.559.